The Hall–Kier alpha value is -1.87. The van der Waals surface area contributed by atoms with E-state index in [0.29, 0.717) is 6.04 Å². The minimum Gasteiger partial charge on any atom is -0.399 e. The molecule has 3 rings (SSSR count). The largest absolute Gasteiger partial charge is 0.399 e. The maximum atomic E-state index is 5.79. The van der Waals surface area contributed by atoms with E-state index in [1.165, 1.54) is 30.4 Å². The fraction of sp³-hybridized carbons (Fsp3) is 0.353. The number of aromatic nitrogens is 1. The second-order valence-corrected chi connectivity index (χ2v) is 5.51. The molecule has 0 amide bonds. The van der Waals surface area contributed by atoms with Gasteiger partial charge in [-0.2, -0.15) is 0 Å². The van der Waals surface area contributed by atoms with E-state index in [1.807, 2.05) is 30.6 Å². The van der Waals surface area contributed by atoms with E-state index < -0.39 is 0 Å². The number of nitrogens with two attached hydrogens (primary N) is 1. The van der Waals surface area contributed by atoms with Gasteiger partial charge in [-0.15, -0.1) is 0 Å². The molecule has 2 aromatic rings. The Morgan fingerprint density at radius 1 is 1.15 bits per heavy atom. The molecule has 2 heterocycles. The molecule has 104 valence electrons. The Labute approximate surface area is 120 Å². The first kappa shape index (κ1) is 13.1. The molecule has 1 atom stereocenters. The van der Waals surface area contributed by atoms with Gasteiger partial charge in [0.2, 0.25) is 0 Å². The lowest BCUT2D eigenvalue weighted by Crippen LogP contribution is -2.32. The summed E-state index contributed by atoms with van der Waals surface area (Å²) in [6.45, 7) is 2.13. The highest BCUT2D eigenvalue weighted by molar-refractivity contribution is 5.40. The smallest absolute Gasteiger partial charge is 0.0351 e. The highest BCUT2D eigenvalue weighted by atomic mass is 15.2. The monoisotopic (exact) mass is 267 g/mol. The predicted octanol–water partition coefficient (Wildman–Crippen LogP) is 3.39. The van der Waals surface area contributed by atoms with Crippen LogP contribution in [0.5, 0.6) is 0 Å². The van der Waals surface area contributed by atoms with Crippen molar-refractivity contribution < 1.29 is 0 Å². The number of hydrogen-bond donors (Lipinski definition) is 1. The summed E-state index contributed by atoms with van der Waals surface area (Å²) in [5.74, 6) is 0. The van der Waals surface area contributed by atoms with Gasteiger partial charge in [0.25, 0.3) is 0 Å². The predicted molar refractivity (Wildman–Crippen MR) is 82.1 cm³/mol. The van der Waals surface area contributed by atoms with Crippen LogP contribution < -0.4 is 5.73 Å². The Kier molecular flexibility index (Phi) is 3.97. The lowest BCUT2D eigenvalue weighted by molar-refractivity contribution is 0.140. The summed E-state index contributed by atoms with van der Waals surface area (Å²) in [5, 5.41) is 0. The molecule has 1 unspecified atom stereocenters. The lowest BCUT2D eigenvalue weighted by Gasteiger charge is -2.36. The number of benzene rings is 1. The summed E-state index contributed by atoms with van der Waals surface area (Å²) in [6.07, 6.45) is 7.61. The first-order valence-corrected chi connectivity index (χ1v) is 7.31. The zero-order chi connectivity index (χ0) is 13.8. The highest BCUT2D eigenvalue weighted by Gasteiger charge is 2.23. The first-order chi connectivity index (χ1) is 9.83. The zero-order valence-electron chi connectivity index (χ0n) is 11.7. The number of anilines is 1. The van der Waals surface area contributed by atoms with Crippen LogP contribution in [0.3, 0.4) is 0 Å². The van der Waals surface area contributed by atoms with Crippen molar-refractivity contribution in [2.75, 3.05) is 12.3 Å². The molecular formula is C17H21N3. The fourth-order valence-electron chi connectivity index (χ4n) is 3.00. The zero-order valence-corrected chi connectivity index (χ0v) is 11.7. The van der Waals surface area contributed by atoms with Crippen LogP contribution in [-0.2, 0) is 6.54 Å². The van der Waals surface area contributed by atoms with Crippen LogP contribution in [0, 0.1) is 0 Å². The SMILES string of the molecule is Nc1ccc(C2CCCCN2Cc2cccnc2)cc1. The van der Waals surface area contributed by atoms with Crippen molar-refractivity contribution in [3.63, 3.8) is 0 Å². The number of piperidine rings is 1. The molecule has 0 radical (unpaired) electrons. The third-order valence-corrected chi connectivity index (χ3v) is 4.04. The van der Waals surface area contributed by atoms with E-state index in [4.69, 9.17) is 5.73 Å². The minimum atomic E-state index is 0.504. The summed E-state index contributed by atoms with van der Waals surface area (Å²) in [4.78, 5) is 6.78. The summed E-state index contributed by atoms with van der Waals surface area (Å²) in [6, 6.07) is 13.0. The van der Waals surface area contributed by atoms with Gasteiger partial charge in [-0.05, 0) is 48.7 Å². The van der Waals surface area contributed by atoms with Gasteiger partial charge >= 0.3 is 0 Å². The molecule has 0 saturated carbocycles. The molecule has 1 saturated heterocycles. The number of pyridine rings is 1. The number of rotatable bonds is 3. The summed E-state index contributed by atoms with van der Waals surface area (Å²) < 4.78 is 0. The van der Waals surface area contributed by atoms with Crippen molar-refractivity contribution in [1.82, 2.24) is 9.88 Å². The molecule has 0 bridgehead atoms. The van der Waals surface area contributed by atoms with Crippen LogP contribution in [0.1, 0.15) is 36.4 Å². The summed E-state index contributed by atoms with van der Waals surface area (Å²) in [5.41, 5.74) is 9.29. The average molecular weight is 267 g/mol. The van der Waals surface area contributed by atoms with E-state index in [0.717, 1.165) is 18.8 Å². The van der Waals surface area contributed by atoms with E-state index in [9.17, 15) is 0 Å². The third-order valence-electron chi connectivity index (χ3n) is 4.04. The first-order valence-electron chi connectivity index (χ1n) is 7.31. The topological polar surface area (TPSA) is 42.1 Å². The maximum absolute atomic E-state index is 5.79. The second kappa shape index (κ2) is 6.06. The van der Waals surface area contributed by atoms with Gasteiger partial charge in [0.05, 0.1) is 0 Å². The number of hydrogen-bond acceptors (Lipinski definition) is 3. The molecule has 1 aliphatic heterocycles. The van der Waals surface area contributed by atoms with Gasteiger partial charge in [0, 0.05) is 30.7 Å². The van der Waals surface area contributed by atoms with Crippen molar-refractivity contribution in [3.05, 3.63) is 59.9 Å². The van der Waals surface area contributed by atoms with Gasteiger partial charge in [-0.1, -0.05) is 24.6 Å². The molecule has 1 aliphatic rings. The fourth-order valence-corrected chi connectivity index (χ4v) is 3.00. The van der Waals surface area contributed by atoms with Crippen LogP contribution in [0.15, 0.2) is 48.8 Å². The van der Waals surface area contributed by atoms with Crippen molar-refractivity contribution in [1.29, 1.82) is 0 Å². The highest BCUT2D eigenvalue weighted by Crippen LogP contribution is 2.32. The molecule has 0 spiro atoms. The quantitative estimate of drug-likeness (QED) is 0.867. The molecule has 1 fully saturated rings. The number of nitrogens with zero attached hydrogens (tertiary/aromatic N) is 2. The molecule has 20 heavy (non-hydrogen) atoms. The van der Waals surface area contributed by atoms with Gasteiger partial charge in [-0.3, -0.25) is 9.88 Å². The normalized spacial score (nSPS) is 19.9. The van der Waals surface area contributed by atoms with E-state index >= 15 is 0 Å². The Morgan fingerprint density at radius 3 is 2.75 bits per heavy atom. The molecule has 3 heteroatoms. The Morgan fingerprint density at radius 2 is 2.00 bits per heavy atom. The van der Waals surface area contributed by atoms with Gasteiger partial charge in [-0.25, -0.2) is 0 Å². The molecule has 2 N–H and O–H groups in total. The molecule has 3 nitrogen and oxygen atoms in total. The van der Waals surface area contributed by atoms with Crippen LogP contribution in [-0.4, -0.2) is 16.4 Å². The second-order valence-electron chi connectivity index (χ2n) is 5.51. The molecule has 0 aliphatic carbocycles. The Bertz CT molecular complexity index is 536. The Balaban J connectivity index is 1.78. The average Bonchev–Trinajstić information content (AvgIpc) is 2.50. The van der Waals surface area contributed by atoms with Crippen LogP contribution >= 0.6 is 0 Å². The standard InChI is InChI=1S/C17H21N3/c18-16-8-6-15(7-9-16)17-5-1-2-11-20(17)13-14-4-3-10-19-12-14/h3-4,6-10,12,17H,1-2,5,11,13,18H2. The van der Waals surface area contributed by atoms with Crippen molar-refractivity contribution >= 4 is 5.69 Å². The lowest BCUT2D eigenvalue weighted by atomic mass is 9.94. The molecular weight excluding hydrogens is 246 g/mol. The third kappa shape index (κ3) is 2.99. The van der Waals surface area contributed by atoms with Gasteiger partial charge < -0.3 is 5.73 Å². The molecule has 1 aromatic carbocycles. The summed E-state index contributed by atoms with van der Waals surface area (Å²) >= 11 is 0. The maximum Gasteiger partial charge on any atom is 0.0351 e. The van der Waals surface area contributed by atoms with E-state index in [2.05, 4.69) is 28.1 Å². The van der Waals surface area contributed by atoms with Crippen molar-refractivity contribution in [2.45, 2.75) is 31.8 Å². The van der Waals surface area contributed by atoms with Crippen molar-refractivity contribution in [3.8, 4) is 0 Å². The van der Waals surface area contributed by atoms with Gasteiger partial charge in [0.15, 0.2) is 0 Å². The van der Waals surface area contributed by atoms with Crippen molar-refractivity contribution in [2.24, 2.45) is 0 Å². The minimum absolute atomic E-state index is 0.504. The van der Waals surface area contributed by atoms with Gasteiger partial charge in [0.1, 0.15) is 0 Å². The molecule has 1 aromatic heterocycles. The summed E-state index contributed by atoms with van der Waals surface area (Å²) in [7, 11) is 0. The van der Waals surface area contributed by atoms with E-state index in [1.54, 1.807) is 0 Å². The van der Waals surface area contributed by atoms with Crippen LogP contribution in [0.2, 0.25) is 0 Å². The van der Waals surface area contributed by atoms with Crippen LogP contribution in [0.25, 0.3) is 0 Å². The van der Waals surface area contributed by atoms with Crippen LogP contribution in [0.4, 0.5) is 5.69 Å². The number of nitrogen functional groups attached to an aromatic ring is 1. The van der Waals surface area contributed by atoms with E-state index in [-0.39, 0.29) is 0 Å². The number of likely N-dealkylation sites (tertiary alicyclic amines) is 1.